The van der Waals surface area contributed by atoms with Gasteiger partial charge in [-0.2, -0.15) is 0 Å². The van der Waals surface area contributed by atoms with Gasteiger partial charge in [0.2, 0.25) is 5.91 Å². The number of nitrogens with two attached hydrogens (primary N) is 1. The maximum absolute atomic E-state index is 12.3. The molecule has 21 heavy (non-hydrogen) atoms. The van der Waals surface area contributed by atoms with Crippen molar-refractivity contribution >= 4 is 11.6 Å². The van der Waals surface area contributed by atoms with Crippen LogP contribution in [-0.4, -0.2) is 48.6 Å². The van der Waals surface area contributed by atoms with Gasteiger partial charge in [0.25, 0.3) is 6.43 Å². The van der Waals surface area contributed by atoms with Gasteiger partial charge in [-0.3, -0.25) is 9.69 Å². The smallest absolute Gasteiger partial charge is 0.251 e. The van der Waals surface area contributed by atoms with Gasteiger partial charge in [-0.05, 0) is 17.7 Å². The van der Waals surface area contributed by atoms with Crippen LogP contribution in [0.3, 0.4) is 0 Å². The third kappa shape index (κ3) is 7.12. The molecule has 0 heterocycles. The van der Waals surface area contributed by atoms with E-state index in [1.54, 1.807) is 18.2 Å². The zero-order valence-electron chi connectivity index (χ0n) is 11.8. The topological polar surface area (TPSA) is 78.6 Å². The van der Waals surface area contributed by atoms with E-state index < -0.39 is 13.0 Å². The zero-order valence-corrected chi connectivity index (χ0v) is 11.8. The van der Waals surface area contributed by atoms with Gasteiger partial charge in [-0.1, -0.05) is 12.1 Å². The van der Waals surface area contributed by atoms with E-state index in [2.05, 4.69) is 5.32 Å². The Bertz CT molecular complexity index is 444. The number of rotatable bonds is 9. The summed E-state index contributed by atoms with van der Waals surface area (Å²) in [5.41, 5.74) is 7.04. The zero-order chi connectivity index (χ0) is 15.7. The number of amides is 1. The third-order valence-electron chi connectivity index (χ3n) is 2.91. The number of nitrogens with one attached hydrogen (secondary N) is 1. The highest BCUT2D eigenvalue weighted by Crippen LogP contribution is 2.10. The molecule has 0 unspecified atom stereocenters. The number of anilines is 1. The normalized spacial score (nSPS) is 11.1. The molecule has 1 rings (SSSR count). The predicted molar refractivity (Wildman–Crippen MR) is 77.1 cm³/mol. The summed E-state index contributed by atoms with van der Waals surface area (Å²) in [5, 5.41) is 11.5. The SMILES string of the molecule is NCc1cccc(NC(=O)CCN(CCO)CC(F)F)c1. The quantitative estimate of drug-likeness (QED) is 0.636. The second-order valence-corrected chi connectivity index (χ2v) is 4.62. The molecule has 0 radical (unpaired) electrons. The summed E-state index contributed by atoms with van der Waals surface area (Å²) in [5.74, 6) is -0.263. The van der Waals surface area contributed by atoms with Crippen molar-refractivity contribution in [3.8, 4) is 0 Å². The number of hydrogen-bond donors (Lipinski definition) is 3. The van der Waals surface area contributed by atoms with Gasteiger partial charge >= 0.3 is 0 Å². The standard InChI is InChI=1S/C14H21F2N3O2/c15-13(16)10-19(6-7-20)5-4-14(21)18-12-3-1-2-11(8-12)9-17/h1-3,8,13,20H,4-7,9-10,17H2,(H,18,21). The van der Waals surface area contributed by atoms with Crippen LogP contribution in [0.1, 0.15) is 12.0 Å². The summed E-state index contributed by atoms with van der Waals surface area (Å²) in [6.07, 6.45) is -2.40. The molecule has 4 N–H and O–H groups in total. The molecule has 1 amide bonds. The van der Waals surface area contributed by atoms with E-state index in [1.165, 1.54) is 4.90 Å². The molecule has 0 atom stereocenters. The first-order chi connectivity index (χ1) is 10.0. The van der Waals surface area contributed by atoms with E-state index in [9.17, 15) is 13.6 Å². The van der Waals surface area contributed by atoms with Crippen LogP contribution in [-0.2, 0) is 11.3 Å². The summed E-state index contributed by atoms with van der Waals surface area (Å²) in [6, 6.07) is 7.14. The molecule has 0 saturated carbocycles. The molecule has 7 heteroatoms. The van der Waals surface area contributed by atoms with Crippen LogP contribution >= 0.6 is 0 Å². The summed E-state index contributed by atoms with van der Waals surface area (Å²) in [7, 11) is 0. The molecule has 0 aliphatic heterocycles. The second-order valence-electron chi connectivity index (χ2n) is 4.62. The minimum atomic E-state index is -2.49. The van der Waals surface area contributed by atoms with Crippen LogP contribution < -0.4 is 11.1 Å². The Balaban J connectivity index is 2.44. The number of alkyl halides is 2. The van der Waals surface area contributed by atoms with E-state index in [1.807, 2.05) is 6.07 Å². The van der Waals surface area contributed by atoms with Crippen molar-refractivity contribution in [2.75, 3.05) is 31.6 Å². The van der Waals surface area contributed by atoms with Crippen molar-refractivity contribution in [3.05, 3.63) is 29.8 Å². The number of aliphatic hydroxyl groups is 1. The average Bonchev–Trinajstić information content (AvgIpc) is 2.44. The fourth-order valence-electron chi connectivity index (χ4n) is 1.89. The van der Waals surface area contributed by atoms with Crippen LogP contribution in [0.5, 0.6) is 0 Å². The summed E-state index contributed by atoms with van der Waals surface area (Å²) >= 11 is 0. The van der Waals surface area contributed by atoms with Gasteiger partial charge < -0.3 is 16.2 Å². The fourth-order valence-corrected chi connectivity index (χ4v) is 1.89. The Kier molecular flexibility index (Phi) is 7.81. The van der Waals surface area contributed by atoms with E-state index in [0.29, 0.717) is 12.2 Å². The Labute approximate surface area is 122 Å². The van der Waals surface area contributed by atoms with Crippen LogP contribution in [0.2, 0.25) is 0 Å². The molecule has 0 saturated heterocycles. The lowest BCUT2D eigenvalue weighted by Gasteiger charge is -2.20. The molecule has 5 nitrogen and oxygen atoms in total. The van der Waals surface area contributed by atoms with E-state index >= 15 is 0 Å². The molecule has 0 fully saturated rings. The van der Waals surface area contributed by atoms with Crippen LogP contribution in [0, 0.1) is 0 Å². The Morgan fingerprint density at radius 3 is 2.76 bits per heavy atom. The lowest BCUT2D eigenvalue weighted by molar-refractivity contribution is -0.116. The number of aliphatic hydroxyl groups excluding tert-OH is 1. The van der Waals surface area contributed by atoms with Crippen LogP contribution in [0.4, 0.5) is 14.5 Å². The van der Waals surface area contributed by atoms with Crippen molar-refractivity contribution in [1.82, 2.24) is 4.90 Å². The highest BCUT2D eigenvalue weighted by Gasteiger charge is 2.13. The van der Waals surface area contributed by atoms with Gasteiger partial charge in [0.1, 0.15) is 0 Å². The van der Waals surface area contributed by atoms with Gasteiger partial charge in [0.05, 0.1) is 13.2 Å². The van der Waals surface area contributed by atoms with Gasteiger partial charge in [-0.25, -0.2) is 8.78 Å². The molecule has 0 spiro atoms. The molecular weight excluding hydrogens is 280 g/mol. The number of benzene rings is 1. The first kappa shape index (κ1) is 17.5. The van der Waals surface area contributed by atoms with E-state index in [4.69, 9.17) is 10.8 Å². The fraction of sp³-hybridized carbons (Fsp3) is 0.500. The van der Waals surface area contributed by atoms with Crippen molar-refractivity contribution < 1.29 is 18.7 Å². The maximum Gasteiger partial charge on any atom is 0.251 e. The molecule has 0 aliphatic carbocycles. The second kappa shape index (κ2) is 9.38. The predicted octanol–water partition coefficient (Wildman–Crippen LogP) is 1.03. The average molecular weight is 301 g/mol. The monoisotopic (exact) mass is 301 g/mol. The highest BCUT2D eigenvalue weighted by molar-refractivity contribution is 5.90. The van der Waals surface area contributed by atoms with Crippen molar-refractivity contribution in [1.29, 1.82) is 0 Å². The highest BCUT2D eigenvalue weighted by atomic mass is 19.3. The molecule has 0 bridgehead atoms. The minimum absolute atomic E-state index is 0.0829. The van der Waals surface area contributed by atoms with Crippen LogP contribution in [0.15, 0.2) is 24.3 Å². The van der Waals surface area contributed by atoms with Crippen molar-refractivity contribution in [2.45, 2.75) is 19.4 Å². The Morgan fingerprint density at radius 1 is 1.38 bits per heavy atom. The van der Waals surface area contributed by atoms with Crippen molar-refractivity contribution in [2.24, 2.45) is 5.73 Å². The minimum Gasteiger partial charge on any atom is -0.395 e. The number of carbonyl (C=O) groups excluding carboxylic acids is 1. The molecule has 1 aromatic carbocycles. The largest absolute Gasteiger partial charge is 0.395 e. The Hall–Kier alpha value is -1.57. The van der Waals surface area contributed by atoms with Crippen molar-refractivity contribution in [3.63, 3.8) is 0 Å². The summed E-state index contributed by atoms with van der Waals surface area (Å²) < 4.78 is 24.7. The third-order valence-corrected chi connectivity index (χ3v) is 2.91. The first-order valence-corrected chi connectivity index (χ1v) is 6.75. The van der Waals surface area contributed by atoms with Crippen LogP contribution in [0.25, 0.3) is 0 Å². The maximum atomic E-state index is 12.3. The lowest BCUT2D eigenvalue weighted by atomic mass is 10.2. The number of nitrogens with zero attached hydrogens (tertiary/aromatic N) is 1. The molecule has 1 aromatic rings. The van der Waals surface area contributed by atoms with Gasteiger partial charge in [0, 0.05) is 31.7 Å². The van der Waals surface area contributed by atoms with E-state index in [0.717, 1.165) is 5.56 Å². The molecule has 0 aromatic heterocycles. The summed E-state index contributed by atoms with van der Waals surface area (Å²) in [4.78, 5) is 13.1. The Morgan fingerprint density at radius 2 is 2.14 bits per heavy atom. The number of halogens is 2. The molecule has 0 aliphatic rings. The lowest BCUT2D eigenvalue weighted by Crippen LogP contribution is -2.34. The first-order valence-electron chi connectivity index (χ1n) is 6.75. The molecular formula is C14H21F2N3O2. The summed E-state index contributed by atoms with van der Waals surface area (Å²) in [6.45, 7) is 0.0132. The number of hydrogen-bond acceptors (Lipinski definition) is 4. The van der Waals surface area contributed by atoms with Gasteiger partial charge in [-0.15, -0.1) is 0 Å². The van der Waals surface area contributed by atoms with Gasteiger partial charge in [0.15, 0.2) is 0 Å². The van der Waals surface area contributed by atoms with E-state index in [-0.39, 0.29) is 32.0 Å². The number of carbonyl (C=O) groups is 1. The molecule has 118 valence electrons.